The molecule has 0 unspecified atom stereocenters. The summed E-state index contributed by atoms with van der Waals surface area (Å²) in [4.78, 5) is 0. The first-order valence-corrected chi connectivity index (χ1v) is 8.57. The van der Waals surface area contributed by atoms with Crippen molar-refractivity contribution in [1.29, 1.82) is 0 Å². The monoisotopic (exact) mass is 495 g/mol. The second-order valence-electron chi connectivity index (χ2n) is 5.03. The van der Waals surface area contributed by atoms with Crippen molar-refractivity contribution in [3.05, 3.63) is 48.1 Å². The minimum atomic E-state index is 0. The van der Waals surface area contributed by atoms with Gasteiger partial charge in [0.15, 0.2) is 0 Å². The van der Waals surface area contributed by atoms with Gasteiger partial charge in [-0.1, -0.05) is 33.9 Å². The topological polar surface area (TPSA) is 0 Å². The van der Waals surface area contributed by atoms with Gasteiger partial charge in [-0.25, -0.2) is 23.8 Å². The van der Waals surface area contributed by atoms with Crippen molar-refractivity contribution in [2.24, 2.45) is 5.41 Å². The number of hydrogen-bond donors (Lipinski definition) is 0. The summed E-state index contributed by atoms with van der Waals surface area (Å²) >= 11 is 0. The van der Waals surface area contributed by atoms with Gasteiger partial charge in [-0.2, -0.15) is 12.2 Å². The number of allylic oxidation sites excluding steroid dienone is 8. The van der Waals surface area contributed by atoms with Gasteiger partial charge in [0.2, 0.25) is 0 Å². The average Bonchev–Trinajstić information content (AvgIpc) is 2.95. The number of hydrogen-bond acceptors (Lipinski definition) is 0. The molecule has 2 aliphatic carbocycles. The van der Waals surface area contributed by atoms with Crippen LogP contribution in [0.15, 0.2) is 36.0 Å². The molecule has 0 saturated carbocycles. The molecule has 0 N–H and O–H groups in total. The third-order valence-corrected chi connectivity index (χ3v) is 2.09. The van der Waals surface area contributed by atoms with Crippen molar-refractivity contribution in [1.82, 2.24) is 0 Å². The predicted molar refractivity (Wildman–Crippen MR) is 80.4 cm³/mol. The molecular weight excluding hydrogens is 470 g/mol. The van der Waals surface area contributed by atoms with E-state index >= 15 is 0 Å². The average molecular weight is 495 g/mol. The Morgan fingerprint density at radius 1 is 1.05 bits per heavy atom. The van der Waals surface area contributed by atoms with Crippen LogP contribution in [0.5, 0.6) is 0 Å². The summed E-state index contributed by atoms with van der Waals surface area (Å²) in [6.45, 7) is 11.1. The van der Waals surface area contributed by atoms with Crippen molar-refractivity contribution in [3.63, 3.8) is 0 Å². The Hall–Kier alpha value is 0.627. The van der Waals surface area contributed by atoms with Crippen LogP contribution in [0.4, 0.5) is 0 Å². The zero-order chi connectivity index (χ0) is 13.1. The fourth-order valence-corrected chi connectivity index (χ4v) is 1.26. The molecule has 0 aliphatic heterocycles. The third-order valence-electron chi connectivity index (χ3n) is 2.09. The molecule has 0 aromatic rings. The van der Waals surface area contributed by atoms with Crippen LogP contribution in [-0.2, 0) is 25.8 Å². The molecule has 4 heteroatoms. The van der Waals surface area contributed by atoms with E-state index in [0.717, 1.165) is 22.4 Å². The first-order chi connectivity index (χ1) is 8.02. The normalized spacial score (nSPS) is 13.6. The van der Waals surface area contributed by atoms with Gasteiger partial charge in [0.05, 0.1) is 0 Å². The Morgan fingerprint density at radius 2 is 1.60 bits per heavy atom. The second-order valence-corrected chi connectivity index (χ2v) is 6.18. The van der Waals surface area contributed by atoms with Crippen LogP contribution in [0.3, 0.4) is 0 Å². The van der Waals surface area contributed by atoms with E-state index in [0.29, 0.717) is 5.41 Å². The molecule has 2 aliphatic rings. The molecule has 0 spiro atoms. The Bertz CT molecular complexity index is 303. The Balaban J connectivity index is -0.000000102. The summed E-state index contributed by atoms with van der Waals surface area (Å²) < 4.78 is 0. The van der Waals surface area contributed by atoms with Crippen LogP contribution in [0.2, 0.25) is 13.1 Å². The van der Waals surface area contributed by atoms with E-state index in [-0.39, 0.29) is 50.7 Å². The minimum Gasteiger partial charge on any atom is -1.00 e. The van der Waals surface area contributed by atoms with E-state index in [4.69, 9.17) is 0 Å². The predicted octanol–water partition coefficient (Wildman–Crippen LogP) is -1.45. The fourth-order valence-electron chi connectivity index (χ4n) is 1.26. The molecule has 111 valence electrons. The largest absolute Gasteiger partial charge is 4.00 e. The molecular formula is C16H25Cl2HfSi. The maximum absolute atomic E-state index is 3.30. The Morgan fingerprint density at radius 3 is 1.75 bits per heavy atom. The van der Waals surface area contributed by atoms with Gasteiger partial charge in [-0.05, 0) is 5.41 Å². The van der Waals surface area contributed by atoms with Crippen molar-refractivity contribution < 1.29 is 50.7 Å². The molecule has 0 bridgehead atoms. The molecule has 2 rings (SSSR count). The molecule has 0 fully saturated rings. The van der Waals surface area contributed by atoms with Crippen molar-refractivity contribution in [2.75, 3.05) is 0 Å². The first kappa shape index (κ1) is 28.7. The van der Waals surface area contributed by atoms with Crippen molar-refractivity contribution in [2.45, 2.75) is 46.7 Å². The summed E-state index contributed by atoms with van der Waals surface area (Å²) in [7, 11) is 0.750. The SMILES string of the molecule is CC(C)(C)C1=[C-]CC=C1.C[SiH]C.[C-]1=CC=CC1.[Cl-].[Cl-].[Hf+4]. The zero-order valence-electron chi connectivity index (χ0n) is 13.1. The molecule has 0 nitrogen and oxygen atoms in total. The van der Waals surface area contributed by atoms with Crippen LogP contribution in [-0.4, -0.2) is 9.52 Å². The second kappa shape index (κ2) is 17.7. The van der Waals surface area contributed by atoms with Crippen LogP contribution in [0, 0.1) is 17.6 Å². The van der Waals surface area contributed by atoms with Gasteiger partial charge in [0, 0.05) is 9.52 Å². The summed E-state index contributed by atoms with van der Waals surface area (Å²) in [6.07, 6.45) is 18.6. The summed E-state index contributed by atoms with van der Waals surface area (Å²) in [6, 6.07) is 0. The molecule has 0 atom stereocenters. The zero-order valence-corrected chi connectivity index (χ0v) is 19.4. The fraction of sp³-hybridized carbons (Fsp3) is 0.500. The molecule has 0 amide bonds. The van der Waals surface area contributed by atoms with Crippen molar-refractivity contribution in [3.8, 4) is 0 Å². The van der Waals surface area contributed by atoms with Crippen LogP contribution < -0.4 is 24.8 Å². The van der Waals surface area contributed by atoms with Crippen LogP contribution in [0.1, 0.15) is 33.6 Å². The van der Waals surface area contributed by atoms with E-state index in [1.54, 1.807) is 0 Å². The van der Waals surface area contributed by atoms with Gasteiger partial charge in [-0.15, -0.1) is 12.8 Å². The van der Waals surface area contributed by atoms with Gasteiger partial charge in [0.1, 0.15) is 0 Å². The van der Waals surface area contributed by atoms with Crippen molar-refractivity contribution >= 4 is 9.52 Å². The third kappa shape index (κ3) is 16.7. The van der Waals surface area contributed by atoms with Crippen LogP contribution >= 0.6 is 0 Å². The van der Waals surface area contributed by atoms with Gasteiger partial charge in [-0.3, -0.25) is 12.2 Å². The van der Waals surface area contributed by atoms with E-state index in [1.165, 1.54) is 5.57 Å². The van der Waals surface area contributed by atoms with Gasteiger partial charge >= 0.3 is 25.8 Å². The summed E-state index contributed by atoms with van der Waals surface area (Å²) in [5.74, 6) is 0. The molecule has 0 saturated heterocycles. The van der Waals surface area contributed by atoms with Gasteiger partial charge in [0.25, 0.3) is 0 Å². The molecule has 0 aromatic carbocycles. The molecule has 0 heterocycles. The number of halogens is 2. The molecule has 0 aromatic heterocycles. The van der Waals surface area contributed by atoms with E-state index in [2.05, 4.69) is 64.2 Å². The maximum atomic E-state index is 3.30. The maximum Gasteiger partial charge on any atom is 4.00 e. The molecule has 1 radical (unpaired) electrons. The standard InChI is InChI=1S/C9H13.C5H5.C2H7Si.2ClH.Hf/c1-9(2,3)8-6-4-5-7-8;1-2-4-5-3-1;1-3-2;;;/h4,6H,5H2,1-3H3;1-3H,4H2;3H,1-2H3;2*1H;/q2*-1;;;;+4/p-2. The smallest absolute Gasteiger partial charge is 1.00 e. The minimum absolute atomic E-state index is 0. The van der Waals surface area contributed by atoms with E-state index in [1.807, 2.05) is 12.2 Å². The van der Waals surface area contributed by atoms with Gasteiger partial charge < -0.3 is 24.8 Å². The molecule has 20 heavy (non-hydrogen) atoms. The van der Waals surface area contributed by atoms with E-state index < -0.39 is 0 Å². The Kier molecular flexibility index (Phi) is 25.4. The summed E-state index contributed by atoms with van der Waals surface area (Å²) in [5.41, 5.74) is 1.65. The first-order valence-electron chi connectivity index (χ1n) is 6.26. The Labute approximate surface area is 159 Å². The number of rotatable bonds is 0. The summed E-state index contributed by atoms with van der Waals surface area (Å²) in [5, 5.41) is 0. The van der Waals surface area contributed by atoms with Crippen LogP contribution in [0.25, 0.3) is 0 Å². The van der Waals surface area contributed by atoms with E-state index in [9.17, 15) is 0 Å². The quantitative estimate of drug-likeness (QED) is 0.286.